The molecule has 0 unspecified atom stereocenters. The van der Waals surface area contributed by atoms with Crippen LogP contribution in [-0.4, -0.2) is 54.0 Å². The number of morpholine rings is 1. The first-order chi connectivity index (χ1) is 17.9. The van der Waals surface area contributed by atoms with Crippen LogP contribution in [-0.2, 0) is 14.3 Å². The summed E-state index contributed by atoms with van der Waals surface area (Å²) >= 11 is 0. The zero-order valence-electron chi connectivity index (χ0n) is 19.5. The number of benzene rings is 2. The van der Waals surface area contributed by atoms with Crippen molar-refractivity contribution in [2.45, 2.75) is 6.42 Å². The fourth-order valence-electron chi connectivity index (χ4n) is 3.39. The predicted octanol–water partition coefficient (Wildman–Crippen LogP) is 3.98. The fourth-order valence-corrected chi connectivity index (χ4v) is 3.39. The van der Waals surface area contributed by atoms with E-state index >= 15 is 0 Å². The molecule has 1 aliphatic rings. The number of amides is 4. The van der Waals surface area contributed by atoms with Gasteiger partial charge in [-0.25, -0.2) is 18.6 Å². The standard InChI is InChI=1S/C25H23F2N5O5/c26-18-3-1-2-4-20(18)30-24(34)15-23(33)29-16-5-6-21(19(27)13-16)37-17-7-8-28-22(14-17)31-25(35)32-9-11-36-12-10-32/h1-8,13-14H,9-12,15H2,(H,29,33)(H,30,34)(H,28,31,35). The summed E-state index contributed by atoms with van der Waals surface area (Å²) in [6.07, 6.45) is 0.813. The molecule has 4 rings (SSSR count). The number of rotatable bonds is 7. The Labute approximate surface area is 210 Å². The Kier molecular flexibility index (Phi) is 8.21. The zero-order valence-corrected chi connectivity index (χ0v) is 19.5. The molecule has 10 nitrogen and oxygen atoms in total. The maximum absolute atomic E-state index is 14.6. The van der Waals surface area contributed by atoms with Crippen molar-refractivity contribution in [2.24, 2.45) is 0 Å². The lowest BCUT2D eigenvalue weighted by Crippen LogP contribution is -2.43. The van der Waals surface area contributed by atoms with Crippen LogP contribution in [0.5, 0.6) is 11.5 Å². The number of pyridine rings is 1. The number of nitrogens with zero attached hydrogens (tertiary/aromatic N) is 2. The number of halogens is 2. The third-order valence-corrected chi connectivity index (χ3v) is 5.18. The molecular weight excluding hydrogens is 488 g/mol. The maximum atomic E-state index is 14.6. The monoisotopic (exact) mass is 511 g/mol. The van der Waals surface area contributed by atoms with Gasteiger partial charge < -0.3 is 25.0 Å². The van der Waals surface area contributed by atoms with Gasteiger partial charge in [0, 0.05) is 37.1 Å². The lowest BCUT2D eigenvalue weighted by molar-refractivity contribution is -0.123. The Bertz CT molecular complexity index is 1300. The average molecular weight is 511 g/mol. The summed E-state index contributed by atoms with van der Waals surface area (Å²) in [5.74, 6) is -2.51. The molecule has 4 amide bonds. The molecule has 37 heavy (non-hydrogen) atoms. The van der Waals surface area contributed by atoms with Crippen LogP contribution in [0.4, 0.5) is 30.8 Å². The molecule has 12 heteroatoms. The van der Waals surface area contributed by atoms with Crippen molar-refractivity contribution in [3.63, 3.8) is 0 Å². The normalized spacial score (nSPS) is 13.0. The topological polar surface area (TPSA) is 122 Å². The van der Waals surface area contributed by atoms with Gasteiger partial charge in [0.25, 0.3) is 0 Å². The molecule has 0 aliphatic carbocycles. The van der Waals surface area contributed by atoms with Gasteiger partial charge in [0.15, 0.2) is 11.6 Å². The molecular formula is C25H23F2N5O5. The van der Waals surface area contributed by atoms with Crippen LogP contribution in [0, 0.1) is 11.6 Å². The Hall–Kier alpha value is -4.58. The first kappa shape index (κ1) is 25.5. The molecule has 2 aromatic carbocycles. The van der Waals surface area contributed by atoms with E-state index in [9.17, 15) is 23.2 Å². The minimum atomic E-state index is -0.774. The molecule has 0 radical (unpaired) electrons. The van der Waals surface area contributed by atoms with Crippen LogP contribution in [0.25, 0.3) is 0 Å². The largest absolute Gasteiger partial charge is 0.454 e. The summed E-state index contributed by atoms with van der Waals surface area (Å²) in [4.78, 5) is 42.2. The number of aromatic nitrogens is 1. The molecule has 1 saturated heterocycles. The van der Waals surface area contributed by atoms with Gasteiger partial charge in [0.2, 0.25) is 11.8 Å². The Morgan fingerprint density at radius 1 is 0.919 bits per heavy atom. The lowest BCUT2D eigenvalue weighted by Gasteiger charge is -2.26. The number of carbonyl (C=O) groups excluding carboxylic acids is 3. The highest BCUT2D eigenvalue weighted by Gasteiger charge is 2.18. The number of urea groups is 1. The Morgan fingerprint density at radius 3 is 2.43 bits per heavy atom. The number of carbonyl (C=O) groups is 3. The SMILES string of the molecule is O=C(CC(=O)Nc1ccccc1F)Nc1ccc(Oc2ccnc(NC(=O)N3CCOCC3)c2)c(F)c1. The first-order valence-corrected chi connectivity index (χ1v) is 11.3. The third-order valence-electron chi connectivity index (χ3n) is 5.18. The summed E-state index contributed by atoms with van der Waals surface area (Å²) in [5, 5.41) is 7.37. The smallest absolute Gasteiger partial charge is 0.323 e. The van der Waals surface area contributed by atoms with Gasteiger partial charge in [-0.2, -0.15) is 0 Å². The van der Waals surface area contributed by atoms with Crippen molar-refractivity contribution in [1.82, 2.24) is 9.88 Å². The van der Waals surface area contributed by atoms with Gasteiger partial charge in [-0.15, -0.1) is 0 Å². The van der Waals surface area contributed by atoms with Crippen LogP contribution < -0.4 is 20.7 Å². The Balaban J connectivity index is 1.32. The second kappa shape index (κ2) is 11.9. The highest BCUT2D eigenvalue weighted by Crippen LogP contribution is 2.28. The lowest BCUT2D eigenvalue weighted by atomic mass is 10.2. The highest BCUT2D eigenvalue weighted by molar-refractivity contribution is 6.08. The van der Waals surface area contributed by atoms with E-state index in [-0.39, 0.29) is 34.7 Å². The van der Waals surface area contributed by atoms with Crippen molar-refractivity contribution >= 4 is 35.0 Å². The highest BCUT2D eigenvalue weighted by atomic mass is 19.1. The minimum Gasteiger partial charge on any atom is -0.454 e. The summed E-state index contributed by atoms with van der Waals surface area (Å²) in [5.41, 5.74) is 0.0505. The number of anilines is 3. The van der Waals surface area contributed by atoms with E-state index in [2.05, 4.69) is 20.9 Å². The molecule has 1 aromatic heterocycles. The summed E-state index contributed by atoms with van der Waals surface area (Å²) in [7, 11) is 0. The summed E-state index contributed by atoms with van der Waals surface area (Å²) in [6.45, 7) is 1.85. The van der Waals surface area contributed by atoms with Gasteiger partial charge in [0.05, 0.1) is 18.9 Å². The summed E-state index contributed by atoms with van der Waals surface area (Å²) in [6, 6.07) is 11.9. The molecule has 0 spiro atoms. The van der Waals surface area contributed by atoms with Crippen molar-refractivity contribution in [3.05, 3.63) is 72.4 Å². The molecule has 1 fully saturated rings. The van der Waals surface area contributed by atoms with Gasteiger partial charge in [-0.05, 0) is 30.3 Å². The molecule has 3 N–H and O–H groups in total. The van der Waals surface area contributed by atoms with Gasteiger partial charge >= 0.3 is 6.03 Å². The maximum Gasteiger partial charge on any atom is 0.323 e. The molecule has 0 saturated carbocycles. The van der Waals surface area contributed by atoms with Crippen LogP contribution in [0.1, 0.15) is 6.42 Å². The van der Waals surface area contributed by atoms with E-state index in [1.807, 2.05) is 0 Å². The Morgan fingerprint density at radius 2 is 1.68 bits per heavy atom. The number of nitrogens with one attached hydrogen (secondary N) is 3. The van der Waals surface area contributed by atoms with E-state index in [1.54, 1.807) is 11.0 Å². The first-order valence-electron chi connectivity index (χ1n) is 11.3. The van der Waals surface area contributed by atoms with Crippen molar-refractivity contribution < 1.29 is 32.6 Å². The van der Waals surface area contributed by atoms with E-state index in [0.29, 0.717) is 26.3 Å². The fraction of sp³-hybridized carbons (Fsp3) is 0.200. The number of hydrogen-bond acceptors (Lipinski definition) is 6. The van der Waals surface area contributed by atoms with E-state index in [4.69, 9.17) is 9.47 Å². The van der Waals surface area contributed by atoms with Crippen molar-refractivity contribution in [1.29, 1.82) is 0 Å². The van der Waals surface area contributed by atoms with E-state index < -0.39 is 29.9 Å². The molecule has 3 aromatic rings. The van der Waals surface area contributed by atoms with Crippen LogP contribution in [0.15, 0.2) is 60.8 Å². The van der Waals surface area contributed by atoms with Crippen LogP contribution in [0.3, 0.4) is 0 Å². The number of para-hydroxylation sites is 1. The molecule has 2 heterocycles. The van der Waals surface area contributed by atoms with Gasteiger partial charge in [-0.3, -0.25) is 14.9 Å². The average Bonchev–Trinajstić information content (AvgIpc) is 2.88. The molecule has 1 aliphatic heterocycles. The minimum absolute atomic E-state index is 0.0484. The summed E-state index contributed by atoms with van der Waals surface area (Å²) < 4.78 is 39.1. The predicted molar refractivity (Wildman–Crippen MR) is 130 cm³/mol. The van der Waals surface area contributed by atoms with E-state index in [0.717, 1.165) is 6.07 Å². The van der Waals surface area contributed by atoms with Gasteiger partial charge in [0.1, 0.15) is 23.8 Å². The second-order valence-electron chi connectivity index (χ2n) is 7.91. The number of hydrogen-bond donors (Lipinski definition) is 3. The molecule has 0 bridgehead atoms. The van der Waals surface area contributed by atoms with Gasteiger partial charge in [-0.1, -0.05) is 12.1 Å². The third kappa shape index (κ3) is 7.21. The quantitative estimate of drug-likeness (QED) is 0.413. The van der Waals surface area contributed by atoms with E-state index in [1.165, 1.54) is 48.7 Å². The number of ether oxygens (including phenoxy) is 2. The molecule has 0 atom stereocenters. The van der Waals surface area contributed by atoms with Crippen molar-refractivity contribution in [3.8, 4) is 11.5 Å². The van der Waals surface area contributed by atoms with Crippen molar-refractivity contribution in [2.75, 3.05) is 42.3 Å². The van der Waals surface area contributed by atoms with Crippen LogP contribution in [0.2, 0.25) is 0 Å². The molecule has 192 valence electrons. The zero-order chi connectivity index (χ0) is 26.2. The van der Waals surface area contributed by atoms with Crippen LogP contribution >= 0.6 is 0 Å². The second-order valence-corrected chi connectivity index (χ2v) is 7.91.